The van der Waals surface area contributed by atoms with Gasteiger partial charge in [0.25, 0.3) is 0 Å². The molecule has 1 aliphatic heterocycles. The van der Waals surface area contributed by atoms with Crippen molar-refractivity contribution >= 4 is 15.9 Å². The Morgan fingerprint density at radius 2 is 1.24 bits per heavy atom. The van der Waals surface area contributed by atoms with Crippen LogP contribution in [0.5, 0.6) is 0 Å². The summed E-state index contributed by atoms with van der Waals surface area (Å²) in [6.45, 7) is 1.63. The second-order valence-electron chi connectivity index (χ2n) is 8.16. The van der Waals surface area contributed by atoms with Gasteiger partial charge in [0.05, 0.1) is 18.3 Å². The van der Waals surface area contributed by atoms with Crippen LogP contribution in [0.3, 0.4) is 0 Å². The molecule has 0 aliphatic carbocycles. The maximum absolute atomic E-state index is 12.9. The summed E-state index contributed by atoms with van der Waals surface area (Å²) in [5, 5.41) is 3.40. The molecule has 1 aliphatic rings. The molecule has 0 bridgehead atoms. The summed E-state index contributed by atoms with van der Waals surface area (Å²) in [6, 6.07) is 29.2. The molecule has 1 amide bonds. The summed E-state index contributed by atoms with van der Waals surface area (Å²) in [4.78, 5) is 14.7. The third-order valence-electron chi connectivity index (χ3n) is 5.90. The van der Waals surface area contributed by atoms with Gasteiger partial charge in [-0.05, 0) is 16.7 Å². The van der Waals surface area contributed by atoms with Crippen molar-refractivity contribution < 1.29 is 13.2 Å². The van der Waals surface area contributed by atoms with Crippen molar-refractivity contribution in [3.63, 3.8) is 0 Å². The molecule has 3 aromatic carbocycles. The number of hydrogen-bond donors (Lipinski definition) is 1. The smallest absolute Gasteiger partial charge is 0.236 e. The number of nitrogens with zero attached hydrogens (tertiary/aromatic N) is 2. The molecule has 33 heavy (non-hydrogen) atoms. The zero-order valence-corrected chi connectivity index (χ0v) is 19.3. The topological polar surface area (TPSA) is 69.7 Å². The number of amides is 1. The van der Waals surface area contributed by atoms with E-state index in [9.17, 15) is 13.2 Å². The highest BCUT2D eigenvalue weighted by atomic mass is 32.2. The van der Waals surface area contributed by atoms with Crippen LogP contribution in [0.25, 0.3) is 0 Å². The number of carbonyl (C=O) groups is 1. The van der Waals surface area contributed by atoms with Crippen molar-refractivity contribution in [2.45, 2.75) is 11.8 Å². The summed E-state index contributed by atoms with van der Waals surface area (Å²) in [6.07, 6.45) is 0. The van der Waals surface area contributed by atoms with E-state index in [1.54, 1.807) is 4.90 Å². The van der Waals surface area contributed by atoms with Gasteiger partial charge in [-0.25, -0.2) is 8.42 Å². The van der Waals surface area contributed by atoms with Gasteiger partial charge in [-0.3, -0.25) is 10.1 Å². The fourth-order valence-electron chi connectivity index (χ4n) is 4.11. The monoisotopic (exact) mass is 463 g/mol. The molecule has 1 N–H and O–H groups in total. The zero-order chi connectivity index (χ0) is 23.1. The van der Waals surface area contributed by atoms with E-state index in [0.717, 1.165) is 16.7 Å². The number of sulfonamides is 1. The first-order valence-corrected chi connectivity index (χ1v) is 12.8. The number of nitrogens with one attached hydrogen (secondary N) is 1. The van der Waals surface area contributed by atoms with E-state index in [0.29, 0.717) is 26.2 Å². The molecular formula is C26H29N3O3S. The summed E-state index contributed by atoms with van der Waals surface area (Å²) < 4.78 is 27.0. The predicted molar refractivity (Wildman–Crippen MR) is 130 cm³/mol. The van der Waals surface area contributed by atoms with Gasteiger partial charge in [-0.15, -0.1) is 0 Å². The van der Waals surface area contributed by atoms with Crippen LogP contribution < -0.4 is 5.32 Å². The molecule has 1 heterocycles. The molecule has 172 valence electrons. The lowest BCUT2D eigenvalue weighted by Gasteiger charge is -2.34. The van der Waals surface area contributed by atoms with Crippen LogP contribution in [-0.2, 0) is 20.6 Å². The number of carbonyl (C=O) groups excluding carboxylic acids is 1. The van der Waals surface area contributed by atoms with Crippen LogP contribution in [0.15, 0.2) is 91.0 Å². The first kappa shape index (κ1) is 23.2. The SMILES string of the molecule is O=C(CNC(c1ccccc1)c1ccccc1)N1CCN(S(=O)(=O)Cc2ccccc2)CC1. The van der Waals surface area contributed by atoms with Crippen molar-refractivity contribution in [1.29, 1.82) is 0 Å². The molecular weight excluding hydrogens is 434 g/mol. The van der Waals surface area contributed by atoms with E-state index in [2.05, 4.69) is 5.32 Å². The predicted octanol–water partition coefficient (Wildman–Crippen LogP) is 3.04. The second kappa shape index (κ2) is 10.7. The Kier molecular flexibility index (Phi) is 7.54. The molecule has 0 saturated carbocycles. The third-order valence-corrected chi connectivity index (χ3v) is 7.75. The fourth-order valence-corrected chi connectivity index (χ4v) is 5.63. The van der Waals surface area contributed by atoms with Gasteiger partial charge in [-0.1, -0.05) is 91.0 Å². The van der Waals surface area contributed by atoms with Gasteiger partial charge in [0, 0.05) is 26.2 Å². The standard InChI is InChI=1S/C26H29N3O3S/c30-25(20-27-26(23-12-6-2-7-13-23)24-14-8-3-9-15-24)28-16-18-29(19-17-28)33(31,32)21-22-10-4-1-5-11-22/h1-15,26-27H,16-21H2. The normalized spacial score (nSPS) is 15.0. The number of piperazine rings is 1. The summed E-state index contributed by atoms with van der Waals surface area (Å²) in [5.74, 6) is -0.0360. The first-order chi connectivity index (χ1) is 16.0. The average Bonchev–Trinajstić information content (AvgIpc) is 2.86. The molecule has 7 heteroatoms. The maximum atomic E-state index is 12.9. The molecule has 4 rings (SSSR count). The minimum absolute atomic E-state index is 0.0147. The van der Waals surface area contributed by atoms with Gasteiger partial charge in [0.2, 0.25) is 15.9 Å². The summed E-state index contributed by atoms with van der Waals surface area (Å²) >= 11 is 0. The second-order valence-corrected chi connectivity index (χ2v) is 10.1. The number of hydrogen-bond acceptors (Lipinski definition) is 4. The quantitative estimate of drug-likeness (QED) is 0.558. The fraction of sp³-hybridized carbons (Fsp3) is 0.269. The summed E-state index contributed by atoms with van der Waals surface area (Å²) in [5.41, 5.74) is 2.95. The third kappa shape index (κ3) is 6.07. The van der Waals surface area contributed by atoms with Crippen molar-refractivity contribution in [2.24, 2.45) is 0 Å². The van der Waals surface area contributed by atoms with E-state index >= 15 is 0 Å². The molecule has 6 nitrogen and oxygen atoms in total. The first-order valence-electron chi connectivity index (χ1n) is 11.2. The molecule has 0 spiro atoms. The Morgan fingerprint density at radius 1 is 0.758 bits per heavy atom. The van der Waals surface area contributed by atoms with Crippen LogP contribution in [0.4, 0.5) is 0 Å². The van der Waals surface area contributed by atoms with E-state index < -0.39 is 10.0 Å². The lowest BCUT2D eigenvalue weighted by atomic mass is 9.99. The van der Waals surface area contributed by atoms with Crippen LogP contribution in [-0.4, -0.2) is 56.3 Å². The van der Waals surface area contributed by atoms with Crippen molar-refractivity contribution in [3.05, 3.63) is 108 Å². The van der Waals surface area contributed by atoms with Crippen LogP contribution in [0, 0.1) is 0 Å². The Balaban J connectivity index is 1.34. The van der Waals surface area contributed by atoms with Gasteiger partial charge in [-0.2, -0.15) is 4.31 Å². The highest BCUT2D eigenvalue weighted by molar-refractivity contribution is 7.88. The largest absolute Gasteiger partial charge is 0.339 e. The van der Waals surface area contributed by atoms with Gasteiger partial charge >= 0.3 is 0 Å². The maximum Gasteiger partial charge on any atom is 0.236 e. The van der Waals surface area contributed by atoms with Crippen molar-refractivity contribution in [1.82, 2.24) is 14.5 Å². The van der Waals surface area contributed by atoms with Crippen molar-refractivity contribution in [2.75, 3.05) is 32.7 Å². The van der Waals surface area contributed by atoms with Gasteiger partial charge in [0.15, 0.2) is 0 Å². The van der Waals surface area contributed by atoms with Gasteiger partial charge in [0.1, 0.15) is 0 Å². The minimum atomic E-state index is -3.40. The molecule has 1 fully saturated rings. The lowest BCUT2D eigenvalue weighted by molar-refractivity contribution is -0.131. The van der Waals surface area contributed by atoms with E-state index in [4.69, 9.17) is 0 Å². The number of rotatable bonds is 8. The lowest BCUT2D eigenvalue weighted by Crippen LogP contribution is -2.52. The summed E-state index contributed by atoms with van der Waals surface area (Å²) in [7, 11) is -3.40. The molecule has 0 atom stereocenters. The highest BCUT2D eigenvalue weighted by Crippen LogP contribution is 2.21. The van der Waals surface area contributed by atoms with Crippen molar-refractivity contribution in [3.8, 4) is 0 Å². The molecule has 0 radical (unpaired) electrons. The molecule has 0 aromatic heterocycles. The zero-order valence-electron chi connectivity index (χ0n) is 18.5. The van der Waals surface area contributed by atoms with Crippen LogP contribution in [0.2, 0.25) is 0 Å². The van der Waals surface area contributed by atoms with E-state index in [1.807, 2.05) is 91.0 Å². The van der Waals surface area contributed by atoms with Gasteiger partial charge < -0.3 is 4.90 Å². The molecule has 3 aromatic rings. The van der Waals surface area contributed by atoms with Crippen LogP contribution in [0.1, 0.15) is 22.7 Å². The highest BCUT2D eigenvalue weighted by Gasteiger charge is 2.29. The van der Waals surface area contributed by atoms with E-state index in [1.165, 1.54) is 4.31 Å². The van der Waals surface area contributed by atoms with E-state index in [-0.39, 0.29) is 24.2 Å². The average molecular weight is 464 g/mol. The Morgan fingerprint density at radius 3 is 1.76 bits per heavy atom. The molecule has 1 saturated heterocycles. The Labute approximate surface area is 195 Å². The molecule has 0 unspecified atom stereocenters. The Bertz CT molecular complexity index is 1090. The number of benzene rings is 3. The van der Waals surface area contributed by atoms with Crippen LogP contribution >= 0.6 is 0 Å². The minimum Gasteiger partial charge on any atom is -0.339 e. The Hall–Kier alpha value is -3.00.